The van der Waals surface area contributed by atoms with Crippen molar-refractivity contribution in [3.05, 3.63) is 51.0 Å². The molecular weight excluding hydrogens is 354 g/mol. The molecule has 4 nitrogen and oxygen atoms in total. The first-order valence-electron chi connectivity index (χ1n) is 10.2. The molecule has 1 saturated carbocycles. The highest BCUT2D eigenvalue weighted by atomic mass is 32.1. The number of carbonyl (C=O) groups is 1. The van der Waals surface area contributed by atoms with Crippen LogP contribution in [0.1, 0.15) is 65.2 Å². The number of fused-ring (bicyclic) bond motifs is 1. The average molecular weight is 384 g/mol. The summed E-state index contributed by atoms with van der Waals surface area (Å²) >= 11 is 1.74. The summed E-state index contributed by atoms with van der Waals surface area (Å²) in [6, 6.07) is 4.67. The number of amides is 1. The van der Waals surface area contributed by atoms with Crippen LogP contribution in [0.2, 0.25) is 0 Å². The highest BCUT2D eigenvalue weighted by Crippen LogP contribution is 2.35. The van der Waals surface area contributed by atoms with Gasteiger partial charge in [0.25, 0.3) is 5.91 Å². The lowest BCUT2D eigenvalue weighted by Gasteiger charge is -2.27. The average Bonchev–Trinajstić information content (AvgIpc) is 3.45. The standard InChI is InChI=1S/C22H29N3OS/c1-3-15-5-8-17(23-11-15)12-25-10-9-18-19(14-27-21(18)13-25)22(26)24-20(4-2)16-6-7-16/h5,8,11,14,16,20H,3-4,6-7,9-10,12-13H2,1-2H3,(H,24,26)/t20-/m0/s1. The van der Waals surface area contributed by atoms with Crippen LogP contribution in [0.5, 0.6) is 0 Å². The SMILES string of the molecule is CCc1ccc(CN2CCc3c(C(=O)N[C@@H](CC)C4CC4)csc3C2)nc1. The van der Waals surface area contributed by atoms with Gasteiger partial charge in [0.1, 0.15) is 0 Å². The molecule has 2 aromatic heterocycles. The minimum atomic E-state index is 0.136. The van der Waals surface area contributed by atoms with E-state index in [-0.39, 0.29) is 5.91 Å². The number of pyridine rings is 1. The fourth-order valence-corrected chi connectivity index (χ4v) is 5.11. The summed E-state index contributed by atoms with van der Waals surface area (Å²) in [6.45, 7) is 7.11. The van der Waals surface area contributed by atoms with Crippen molar-refractivity contribution in [3.63, 3.8) is 0 Å². The Bertz CT molecular complexity index is 794. The van der Waals surface area contributed by atoms with Gasteiger partial charge in [-0.1, -0.05) is 19.9 Å². The van der Waals surface area contributed by atoms with Gasteiger partial charge in [-0.25, -0.2) is 0 Å². The molecule has 0 spiro atoms. The van der Waals surface area contributed by atoms with Gasteiger partial charge in [-0.15, -0.1) is 11.3 Å². The summed E-state index contributed by atoms with van der Waals surface area (Å²) in [6.07, 6.45) is 7.53. The molecule has 144 valence electrons. The van der Waals surface area contributed by atoms with E-state index in [2.05, 4.69) is 46.6 Å². The Kier molecular flexibility index (Phi) is 5.60. The molecule has 0 radical (unpaired) electrons. The number of hydrogen-bond acceptors (Lipinski definition) is 4. The minimum absolute atomic E-state index is 0.136. The smallest absolute Gasteiger partial charge is 0.252 e. The largest absolute Gasteiger partial charge is 0.349 e. The molecule has 1 atom stereocenters. The molecule has 1 aliphatic carbocycles. The predicted molar refractivity (Wildman–Crippen MR) is 110 cm³/mol. The zero-order valence-electron chi connectivity index (χ0n) is 16.3. The second-order valence-corrected chi connectivity index (χ2v) is 8.81. The van der Waals surface area contributed by atoms with Crippen molar-refractivity contribution >= 4 is 17.2 Å². The van der Waals surface area contributed by atoms with Crippen LogP contribution < -0.4 is 5.32 Å². The van der Waals surface area contributed by atoms with E-state index in [1.54, 1.807) is 11.3 Å². The summed E-state index contributed by atoms with van der Waals surface area (Å²) in [5.41, 5.74) is 4.60. The first kappa shape index (κ1) is 18.6. The maximum absolute atomic E-state index is 12.8. The Labute approximate surface area is 166 Å². The minimum Gasteiger partial charge on any atom is -0.349 e. The third-order valence-electron chi connectivity index (χ3n) is 5.90. The monoisotopic (exact) mass is 383 g/mol. The highest BCUT2D eigenvalue weighted by Gasteiger charge is 2.32. The fourth-order valence-electron chi connectivity index (χ4n) is 3.99. The van der Waals surface area contributed by atoms with Crippen LogP contribution in [0.25, 0.3) is 0 Å². The Morgan fingerprint density at radius 2 is 2.22 bits per heavy atom. The quantitative estimate of drug-likeness (QED) is 0.780. The van der Waals surface area contributed by atoms with Crippen LogP contribution >= 0.6 is 11.3 Å². The van der Waals surface area contributed by atoms with Crippen molar-refractivity contribution in [2.45, 2.75) is 65.1 Å². The number of nitrogens with one attached hydrogen (secondary N) is 1. The molecule has 0 bridgehead atoms. The van der Waals surface area contributed by atoms with Gasteiger partial charge in [0.15, 0.2) is 0 Å². The van der Waals surface area contributed by atoms with Crippen LogP contribution in [0, 0.1) is 5.92 Å². The molecule has 0 saturated heterocycles. The number of hydrogen-bond donors (Lipinski definition) is 1. The van der Waals surface area contributed by atoms with Crippen molar-refractivity contribution in [1.82, 2.24) is 15.2 Å². The first-order valence-corrected chi connectivity index (χ1v) is 11.1. The maximum Gasteiger partial charge on any atom is 0.252 e. The molecule has 4 rings (SSSR count). The third kappa shape index (κ3) is 4.25. The summed E-state index contributed by atoms with van der Waals surface area (Å²) in [5.74, 6) is 0.840. The number of aromatic nitrogens is 1. The van der Waals surface area contributed by atoms with Gasteiger partial charge in [-0.2, -0.15) is 0 Å². The number of aryl methyl sites for hydroxylation is 1. The van der Waals surface area contributed by atoms with Gasteiger partial charge in [0.05, 0.1) is 11.3 Å². The van der Waals surface area contributed by atoms with Crippen molar-refractivity contribution < 1.29 is 4.79 Å². The summed E-state index contributed by atoms with van der Waals surface area (Å²) in [5, 5.41) is 5.35. The number of carbonyl (C=O) groups excluding carboxylic acids is 1. The van der Waals surface area contributed by atoms with Crippen LogP contribution in [0.4, 0.5) is 0 Å². The van der Waals surface area contributed by atoms with Crippen LogP contribution in [-0.4, -0.2) is 28.4 Å². The van der Waals surface area contributed by atoms with Crippen LogP contribution in [0.15, 0.2) is 23.7 Å². The molecule has 0 aromatic carbocycles. The highest BCUT2D eigenvalue weighted by molar-refractivity contribution is 7.10. The lowest BCUT2D eigenvalue weighted by molar-refractivity contribution is 0.0929. The number of rotatable bonds is 7. The van der Waals surface area contributed by atoms with E-state index in [1.165, 1.54) is 28.8 Å². The molecule has 1 aliphatic heterocycles. The predicted octanol–water partition coefficient (Wildman–Crippen LogP) is 4.18. The van der Waals surface area contributed by atoms with Gasteiger partial charge in [0.2, 0.25) is 0 Å². The molecule has 27 heavy (non-hydrogen) atoms. The van der Waals surface area contributed by atoms with Crippen molar-refractivity contribution in [2.24, 2.45) is 5.92 Å². The van der Waals surface area contributed by atoms with E-state index in [4.69, 9.17) is 0 Å². The van der Waals surface area contributed by atoms with Gasteiger partial charge in [0, 0.05) is 42.1 Å². The Balaban J connectivity index is 1.39. The summed E-state index contributed by atoms with van der Waals surface area (Å²) < 4.78 is 0. The Morgan fingerprint density at radius 3 is 2.89 bits per heavy atom. The first-order chi connectivity index (χ1) is 13.2. The molecule has 3 heterocycles. The second-order valence-electron chi connectivity index (χ2n) is 7.85. The lowest BCUT2D eigenvalue weighted by atomic mass is 10.0. The van der Waals surface area contributed by atoms with E-state index in [0.717, 1.165) is 50.2 Å². The maximum atomic E-state index is 12.8. The third-order valence-corrected chi connectivity index (χ3v) is 6.91. The normalized spacial score (nSPS) is 18.1. The van der Waals surface area contributed by atoms with E-state index in [0.29, 0.717) is 12.0 Å². The number of nitrogens with zero attached hydrogens (tertiary/aromatic N) is 2. The van der Waals surface area contributed by atoms with E-state index < -0.39 is 0 Å². The molecule has 1 amide bonds. The van der Waals surface area contributed by atoms with E-state index >= 15 is 0 Å². The molecule has 2 aliphatic rings. The Hall–Kier alpha value is -1.72. The molecule has 2 aromatic rings. The molecular formula is C22H29N3OS. The van der Waals surface area contributed by atoms with Crippen molar-refractivity contribution in [1.29, 1.82) is 0 Å². The summed E-state index contributed by atoms with van der Waals surface area (Å²) in [4.78, 5) is 21.2. The van der Waals surface area contributed by atoms with Crippen LogP contribution in [-0.2, 0) is 25.9 Å². The van der Waals surface area contributed by atoms with Gasteiger partial charge in [-0.05, 0) is 55.2 Å². The summed E-state index contributed by atoms with van der Waals surface area (Å²) in [7, 11) is 0. The molecule has 0 unspecified atom stereocenters. The van der Waals surface area contributed by atoms with E-state index in [1.807, 2.05) is 6.20 Å². The van der Waals surface area contributed by atoms with Crippen molar-refractivity contribution in [2.75, 3.05) is 6.54 Å². The Morgan fingerprint density at radius 1 is 1.37 bits per heavy atom. The zero-order chi connectivity index (χ0) is 18.8. The lowest BCUT2D eigenvalue weighted by Crippen LogP contribution is -2.37. The van der Waals surface area contributed by atoms with Crippen molar-refractivity contribution in [3.8, 4) is 0 Å². The zero-order valence-corrected chi connectivity index (χ0v) is 17.1. The van der Waals surface area contributed by atoms with Gasteiger partial charge in [-0.3, -0.25) is 14.7 Å². The molecule has 1 fully saturated rings. The van der Waals surface area contributed by atoms with Crippen LogP contribution in [0.3, 0.4) is 0 Å². The fraction of sp³-hybridized carbons (Fsp3) is 0.545. The van der Waals surface area contributed by atoms with Gasteiger partial charge >= 0.3 is 0 Å². The number of thiophene rings is 1. The van der Waals surface area contributed by atoms with E-state index in [9.17, 15) is 4.79 Å². The topological polar surface area (TPSA) is 45.2 Å². The van der Waals surface area contributed by atoms with Gasteiger partial charge < -0.3 is 5.32 Å². The molecule has 5 heteroatoms. The molecule has 1 N–H and O–H groups in total. The second kappa shape index (κ2) is 8.11.